The number of halogens is 1. The lowest BCUT2D eigenvalue weighted by molar-refractivity contribution is 0.143. The van der Waals surface area contributed by atoms with Crippen molar-refractivity contribution in [1.82, 2.24) is 9.78 Å². The van der Waals surface area contributed by atoms with Gasteiger partial charge in [0.05, 0.1) is 23.0 Å². The lowest BCUT2D eigenvalue weighted by Gasteiger charge is -2.12. The second-order valence-corrected chi connectivity index (χ2v) is 4.29. The Morgan fingerprint density at radius 2 is 2.43 bits per heavy atom. The van der Waals surface area contributed by atoms with Crippen LogP contribution in [0.15, 0.2) is 6.20 Å². The van der Waals surface area contributed by atoms with Gasteiger partial charge in [-0.05, 0) is 25.2 Å². The fourth-order valence-electron chi connectivity index (χ4n) is 1.69. The van der Waals surface area contributed by atoms with Gasteiger partial charge in [0.25, 0.3) is 0 Å². The van der Waals surface area contributed by atoms with Gasteiger partial charge in [-0.1, -0.05) is 18.5 Å². The zero-order valence-corrected chi connectivity index (χ0v) is 9.04. The Hall–Kier alpha value is -0.540. The highest BCUT2D eigenvalue weighted by Gasteiger charge is 2.34. The third kappa shape index (κ3) is 1.79. The summed E-state index contributed by atoms with van der Waals surface area (Å²) in [5.41, 5.74) is 0.802. The zero-order valence-electron chi connectivity index (χ0n) is 8.28. The van der Waals surface area contributed by atoms with Crippen molar-refractivity contribution >= 4 is 11.6 Å². The van der Waals surface area contributed by atoms with Crippen molar-refractivity contribution in [2.24, 2.45) is 5.92 Å². The largest absolute Gasteiger partial charge is 0.386 e. The summed E-state index contributed by atoms with van der Waals surface area (Å²) in [5, 5.41) is 14.7. The van der Waals surface area contributed by atoms with E-state index in [0.29, 0.717) is 10.9 Å². The molecular weight excluding hydrogens is 200 g/mol. The summed E-state index contributed by atoms with van der Waals surface area (Å²) in [6, 6.07) is 0. The van der Waals surface area contributed by atoms with Gasteiger partial charge in [0, 0.05) is 6.54 Å². The molecule has 0 bridgehead atoms. The molecule has 0 aromatic carbocycles. The molecule has 0 amide bonds. The minimum atomic E-state index is -0.420. The minimum absolute atomic E-state index is 0.403. The second-order valence-electron chi connectivity index (χ2n) is 3.88. The Morgan fingerprint density at radius 1 is 1.71 bits per heavy atom. The molecule has 3 nitrogen and oxygen atoms in total. The molecule has 1 aliphatic carbocycles. The highest BCUT2D eigenvalue weighted by Crippen LogP contribution is 2.42. The normalized spacial score (nSPS) is 18.5. The molecule has 1 saturated carbocycles. The fourth-order valence-corrected chi connectivity index (χ4v) is 1.94. The summed E-state index contributed by atoms with van der Waals surface area (Å²) in [7, 11) is 0. The van der Waals surface area contributed by atoms with E-state index in [1.54, 1.807) is 6.20 Å². The van der Waals surface area contributed by atoms with Gasteiger partial charge in [-0.25, -0.2) is 0 Å². The van der Waals surface area contributed by atoms with Gasteiger partial charge in [-0.15, -0.1) is 0 Å². The average Bonchev–Trinajstić information content (AvgIpc) is 2.93. The van der Waals surface area contributed by atoms with Crippen molar-refractivity contribution < 1.29 is 5.11 Å². The second kappa shape index (κ2) is 3.91. The van der Waals surface area contributed by atoms with Crippen molar-refractivity contribution in [1.29, 1.82) is 0 Å². The summed E-state index contributed by atoms with van der Waals surface area (Å²) in [6.45, 7) is 2.91. The molecule has 1 unspecified atom stereocenters. The van der Waals surface area contributed by atoms with E-state index in [1.807, 2.05) is 4.68 Å². The summed E-state index contributed by atoms with van der Waals surface area (Å²) >= 11 is 6.00. The molecule has 1 N–H and O–H groups in total. The number of aliphatic hydroxyl groups excluding tert-OH is 1. The van der Waals surface area contributed by atoms with E-state index in [0.717, 1.165) is 31.5 Å². The van der Waals surface area contributed by atoms with Crippen LogP contribution in [0.5, 0.6) is 0 Å². The van der Waals surface area contributed by atoms with E-state index >= 15 is 0 Å². The third-order valence-electron chi connectivity index (χ3n) is 2.62. The van der Waals surface area contributed by atoms with E-state index < -0.39 is 6.10 Å². The van der Waals surface area contributed by atoms with Crippen LogP contribution in [0.25, 0.3) is 0 Å². The number of nitrogens with zero attached hydrogens (tertiary/aromatic N) is 2. The Kier molecular flexibility index (Phi) is 2.79. The van der Waals surface area contributed by atoms with E-state index in [4.69, 9.17) is 11.6 Å². The predicted octanol–water partition coefficient (Wildman–Crippen LogP) is 2.39. The van der Waals surface area contributed by atoms with Crippen molar-refractivity contribution in [2.75, 3.05) is 0 Å². The maximum atomic E-state index is 9.99. The molecule has 0 radical (unpaired) electrons. The van der Waals surface area contributed by atoms with Crippen LogP contribution >= 0.6 is 11.6 Å². The van der Waals surface area contributed by atoms with Crippen LogP contribution in [-0.2, 0) is 6.54 Å². The number of rotatable bonds is 4. The Labute approximate surface area is 88.7 Å². The smallest absolute Gasteiger partial charge is 0.0999 e. The quantitative estimate of drug-likeness (QED) is 0.836. The molecule has 14 heavy (non-hydrogen) atoms. The minimum Gasteiger partial charge on any atom is -0.386 e. The number of aliphatic hydroxyl groups is 1. The molecule has 1 aromatic rings. The van der Waals surface area contributed by atoms with Crippen LogP contribution in [0, 0.1) is 5.92 Å². The topological polar surface area (TPSA) is 38.0 Å². The lowest BCUT2D eigenvalue weighted by atomic mass is 10.1. The molecule has 0 aliphatic heterocycles. The van der Waals surface area contributed by atoms with Crippen LogP contribution in [-0.4, -0.2) is 14.9 Å². The number of hydrogen-bond acceptors (Lipinski definition) is 2. The Balaban J connectivity index is 2.23. The Bertz CT molecular complexity index is 320. The van der Waals surface area contributed by atoms with Gasteiger partial charge in [-0.2, -0.15) is 5.10 Å². The maximum Gasteiger partial charge on any atom is 0.0999 e. The van der Waals surface area contributed by atoms with Crippen molar-refractivity contribution in [3.8, 4) is 0 Å². The highest BCUT2D eigenvalue weighted by atomic mass is 35.5. The molecule has 1 fully saturated rings. The van der Waals surface area contributed by atoms with Crippen molar-refractivity contribution in [3.05, 3.63) is 16.9 Å². The molecule has 78 valence electrons. The first-order valence-corrected chi connectivity index (χ1v) is 5.51. The van der Waals surface area contributed by atoms with E-state index in [-0.39, 0.29) is 0 Å². The zero-order chi connectivity index (χ0) is 10.1. The van der Waals surface area contributed by atoms with Gasteiger partial charge in [-0.3, -0.25) is 4.68 Å². The number of aryl methyl sites for hydroxylation is 1. The maximum absolute atomic E-state index is 9.99. The molecule has 0 spiro atoms. The van der Waals surface area contributed by atoms with Crippen LogP contribution < -0.4 is 0 Å². The van der Waals surface area contributed by atoms with Gasteiger partial charge >= 0.3 is 0 Å². The molecule has 0 saturated heterocycles. The molecule has 1 heterocycles. The van der Waals surface area contributed by atoms with Crippen LogP contribution in [0.3, 0.4) is 0 Å². The predicted molar refractivity (Wildman–Crippen MR) is 55.2 cm³/mol. The summed E-state index contributed by atoms with van der Waals surface area (Å²) in [6.07, 6.45) is 4.42. The summed E-state index contributed by atoms with van der Waals surface area (Å²) in [4.78, 5) is 0. The fraction of sp³-hybridized carbons (Fsp3) is 0.700. The van der Waals surface area contributed by atoms with Crippen LogP contribution in [0.1, 0.15) is 38.0 Å². The Morgan fingerprint density at radius 3 is 3.00 bits per heavy atom. The lowest BCUT2D eigenvalue weighted by Crippen LogP contribution is -2.10. The standard InChI is InChI=1S/C10H15ClN2O/c1-2-5-13-9(8(11)6-12-13)10(14)7-3-4-7/h6-7,10,14H,2-5H2,1H3. The SMILES string of the molecule is CCCn1ncc(Cl)c1C(O)C1CC1. The van der Waals surface area contributed by atoms with E-state index in [9.17, 15) is 5.11 Å². The monoisotopic (exact) mass is 214 g/mol. The van der Waals surface area contributed by atoms with Crippen LogP contribution in [0.4, 0.5) is 0 Å². The molecule has 4 heteroatoms. The first kappa shape index (κ1) is 9.99. The van der Waals surface area contributed by atoms with Crippen molar-refractivity contribution in [3.63, 3.8) is 0 Å². The van der Waals surface area contributed by atoms with Gasteiger partial charge in [0.15, 0.2) is 0 Å². The molecular formula is C10H15ClN2O. The van der Waals surface area contributed by atoms with Crippen molar-refractivity contribution in [2.45, 2.75) is 38.8 Å². The van der Waals surface area contributed by atoms with E-state index in [2.05, 4.69) is 12.0 Å². The molecule has 2 rings (SSSR count). The van der Waals surface area contributed by atoms with Gasteiger partial charge in [0.2, 0.25) is 0 Å². The highest BCUT2D eigenvalue weighted by molar-refractivity contribution is 6.31. The van der Waals surface area contributed by atoms with Gasteiger partial charge in [0.1, 0.15) is 0 Å². The van der Waals surface area contributed by atoms with E-state index in [1.165, 1.54) is 0 Å². The van der Waals surface area contributed by atoms with Crippen LogP contribution in [0.2, 0.25) is 5.02 Å². The molecule has 1 atom stereocenters. The first-order valence-electron chi connectivity index (χ1n) is 5.13. The molecule has 1 aromatic heterocycles. The third-order valence-corrected chi connectivity index (χ3v) is 2.91. The number of hydrogen-bond donors (Lipinski definition) is 1. The average molecular weight is 215 g/mol. The number of aromatic nitrogens is 2. The first-order chi connectivity index (χ1) is 6.74. The molecule has 1 aliphatic rings. The summed E-state index contributed by atoms with van der Waals surface area (Å²) in [5.74, 6) is 0.403. The summed E-state index contributed by atoms with van der Waals surface area (Å²) < 4.78 is 1.82. The van der Waals surface area contributed by atoms with Gasteiger partial charge < -0.3 is 5.11 Å².